The van der Waals surface area contributed by atoms with Crippen LogP contribution in [0.2, 0.25) is 0 Å². The van der Waals surface area contributed by atoms with Gasteiger partial charge in [0.2, 0.25) is 0 Å². The fraction of sp³-hybridized carbons (Fsp3) is 0.692. The second-order valence-corrected chi connectivity index (χ2v) is 7.64. The summed E-state index contributed by atoms with van der Waals surface area (Å²) in [5.41, 5.74) is -0.903. The smallest absolute Gasteiger partial charge is 0.330 e. The van der Waals surface area contributed by atoms with Crippen LogP contribution >= 0.6 is 21.6 Å². The minimum atomic E-state index is -0.479. The number of rotatable bonds is 6. The highest BCUT2D eigenvalue weighted by Gasteiger charge is 2.44. The molecular weight excluding hydrogens is 312 g/mol. The molecule has 0 saturated carbocycles. The average Bonchev–Trinajstić information content (AvgIpc) is 2.82. The van der Waals surface area contributed by atoms with E-state index in [1.807, 2.05) is 0 Å². The monoisotopic (exact) mass is 332 g/mol. The van der Waals surface area contributed by atoms with E-state index in [2.05, 4.69) is 18.8 Å². The van der Waals surface area contributed by atoms with E-state index in [9.17, 15) is 14.7 Å². The Kier molecular flexibility index (Phi) is 5.98. The maximum atomic E-state index is 12.0. The van der Waals surface area contributed by atoms with Crippen molar-refractivity contribution in [2.75, 3.05) is 12.4 Å². The van der Waals surface area contributed by atoms with Crippen molar-refractivity contribution < 1.29 is 9.84 Å². The number of aliphatic hydroxyl groups is 1. The molecule has 1 aliphatic heterocycles. The molecule has 0 bridgehead atoms. The molecule has 0 aliphatic carbocycles. The predicted molar refractivity (Wildman–Crippen MR) is 85.6 cm³/mol. The first-order chi connectivity index (χ1) is 10.1. The number of nitrogens with one attached hydrogen (secondary N) is 1. The molecule has 2 heterocycles. The first kappa shape index (κ1) is 16.7. The summed E-state index contributed by atoms with van der Waals surface area (Å²) in [7, 11) is 3.39. The zero-order valence-corrected chi connectivity index (χ0v) is 13.7. The topological polar surface area (TPSA) is 84.3 Å². The molecule has 21 heavy (non-hydrogen) atoms. The Bertz CT molecular complexity index is 574. The molecule has 4 atom stereocenters. The first-order valence-corrected chi connectivity index (χ1v) is 9.36. The highest BCUT2D eigenvalue weighted by atomic mass is 33.1. The van der Waals surface area contributed by atoms with Crippen LogP contribution in [0, 0.1) is 5.92 Å². The number of nitrogens with zero attached hydrogens (tertiary/aromatic N) is 1. The number of H-pyrrole nitrogens is 1. The Morgan fingerprint density at radius 1 is 1.43 bits per heavy atom. The van der Waals surface area contributed by atoms with Gasteiger partial charge in [-0.2, -0.15) is 0 Å². The molecule has 1 aliphatic rings. The summed E-state index contributed by atoms with van der Waals surface area (Å²) in [4.78, 5) is 25.4. The van der Waals surface area contributed by atoms with E-state index in [0.29, 0.717) is 0 Å². The summed E-state index contributed by atoms with van der Waals surface area (Å²) in [5, 5.41) is 9.56. The zero-order chi connectivity index (χ0) is 15.4. The van der Waals surface area contributed by atoms with Gasteiger partial charge in [0.25, 0.3) is 5.56 Å². The van der Waals surface area contributed by atoms with Gasteiger partial charge in [0.1, 0.15) is 0 Å². The Morgan fingerprint density at radius 2 is 2.19 bits per heavy atom. The number of ether oxygens (including phenoxy) is 1. The minimum absolute atomic E-state index is 0.0562. The summed E-state index contributed by atoms with van der Waals surface area (Å²) in [5.74, 6) is 1.12. The Hall–Kier alpha value is -0.700. The van der Waals surface area contributed by atoms with Gasteiger partial charge in [0, 0.05) is 23.9 Å². The number of hydrogen-bond acceptors (Lipinski definition) is 6. The van der Waals surface area contributed by atoms with Crippen LogP contribution in [-0.2, 0) is 4.74 Å². The standard InChI is InChI=1S/C13H20N2O4S2/c1-3-8-9(7-16)19-12(11(8)21-20-4-2)15-6-5-10(17)14-13(15)18/h5-6,8-9,11-12,16H,3-4,7H2,1-2H3,(H,14,17,18)/t8?,9-,11?,12-/m1/s1. The maximum absolute atomic E-state index is 12.0. The first-order valence-electron chi connectivity index (χ1n) is 6.98. The molecule has 1 fully saturated rings. The van der Waals surface area contributed by atoms with Crippen LogP contribution < -0.4 is 11.2 Å². The highest BCUT2D eigenvalue weighted by Crippen LogP contribution is 2.46. The molecule has 0 amide bonds. The van der Waals surface area contributed by atoms with Gasteiger partial charge in [-0.3, -0.25) is 14.3 Å². The van der Waals surface area contributed by atoms with Crippen LogP contribution in [0.25, 0.3) is 0 Å². The lowest BCUT2D eigenvalue weighted by Crippen LogP contribution is -2.34. The van der Waals surface area contributed by atoms with Crippen LogP contribution in [0.3, 0.4) is 0 Å². The normalized spacial score (nSPS) is 28.9. The molecule has 6 nitrogen and oxygen atoms in total. The number of hydrogen-bond donors (Lipinski definition) is 2. The van der Waals surface area contributed by atoms with E-state index >= 15 is 0 Å². The lowest BCUT2D eigenvalue weighted by atomic mass is 9.98. The van der Waals surface area contributed by atoms with Crippen molar-refractivity contribution in [3.63, 3.8) is 0 Å². The Labute approximate surface area is 130 Å². The van der Waals surface area contributed by atoms with Crippen LogP contribution in [0.5, 0.6) is 0 Å². The van der Waals surface area contributed by atoms with Crippen molar-refractivity contribution >= 4 is 21.6 Å². The average molecular weight is 332 g/mol. The van der Waals surface area contributed by atoms with Gasteiger partial charge in [-0.05, 0) is 6.42 Å². The van der Waals surface area contributed by atoms with E-state index in [-0.39, 0.29) is 23.9 Å². The maximum Gasteiger partial charge on any atom is 0.330 e. The van der Waals surface area contributed by atoms with E-state index < -0.39 is 17.5 Å². The predicted octanol–water partition coefficient (Wildman–Crippen LogP) is 1.22. The van der Waals surface area contributed by atoms with Crippen molar-refractivity contribution in [1.82, 2.24) is 9.55 Å². The van der Waals surface area contributed by atoms with E-state index in [4.69, 9.17) is 4.74 Å². The van der Waals surface area contributed by atoms with Crippen LogP contribution in [0.1, 0.15) is 26.5 Å². The molecule has 8 heteroatoms. The lowest BCUT2D eigenvalue weighted by molar-refractivity contribution is -0.0321. The molecule has 2 rings (SSSR count). The molecule has 1 aromatic heterocycles. The summed E-state index contributed by atoms with van der Waals surface area (Å²) < 4.78 is 7.30. The molecule has 0 radical (unpaired) electrons. The summed E-state index contributed by atoms with van der Waals surface area (Å²) >= 11 is 0. The number of aromatic nitrogens is 2. The van der Waals surface area contributed by atoms with E-state index in [1.54, 1.807) is 21.6 Å². The third kappa shape index (κ3) is 3.56. The van der Waals surface area contributed by atoms with E-state index in [0.717, 1.165) is 12.2 Å². The lowest BCUT2D eigenvalue weighted by Gasteiger charge is -2.22. The molecule has 2 N–H and O–H groups in total. The molecule has 118 valence electrons. The van der Waals surface area contributed by atoms with Gasteiger partial charge in [-0.25, -0.2) is 4.79 Å². The number of aromatic amines is 1. The van der Waals surface area contributed by atoms with Gasteiger partial charge in [-0.1, -0.05) is 35.4 Å². The van der Waals surface area contributed by atoms with Crippen molar-refractivity contribution in [2.24, 2.45) is 5.92 Å². The van der Waals surface area contributed by atoms with Gasteiger partial charge in [0.15, 0.2) is 6.23 Å². The Balaban J connectivity index is 2.34. The van der Waals surface area contributed by atoms with Gasteiger partial charge >= 0.3 is 5.69 Å². The molecular formula is C13H20N2O4S2. The molecule has 1 aromatic rings. The van der Waals surface area contributed by atoms with Crippen molar-refractivity contribution in [2.45, 2.75) is 37.9 Å². The Morgan fingerprint density at radius 3 is 2.76 bits per heavy atom. The molecule has 0 aromatic carbocycles. The van der Waals surface area contributed by atoms with Crippen LogP contribution in [0.4, 0.5) is 0 Å². The minimum Gasteiger partial charge on any atom is -0.394 e. The third-order valence-corrected chi connectivity index (χ3v) is 6.53. The second-order valence-electron chi connectivity index (χ2n) is 4.80. The third-order valence-electron chi connectivity index (χ3n) is 3.57. The van der Waals surface area contributed by atoms with Gasteiger partial charge in [0.05, 0.1) is 18.0 Å². The van der Waals surface area contributed by atoms with Crippen LogP contribution in [-0.4, -0.2) is 38.4 Å². The quantitative estimate of drug-likeness (QED) is 0.762. The second kappa shape index (κ2) is 7.53. The van der Waals surface area contributed by atoms with E-state index in [1.165, 1.54) is 16.8 Å². The molecule has 2 unspecified atom stereocenters. The van der Waals surface area contributed by atoms with Crippen molar-refractivity contribution in [1.29, 1.82) is 0 Å². The zero-order valence-electron chi connectivity index (χ0n) is 12.0. The van der Waals surface area contributed by atoms with Crippen LogP contribution in [0.15, 0.2) is 21.9 Å². The van der Waals surface area contributed by atoms with Crippen molar-refractivity contribution in [3.05, 3.63) is 33.1 Å². The van der Waals surface area contributed by atoms with Gasteiger partial charge < -0.3 is 9.84 Å². The molecule has 0 spiro atoms. The highest BCUT2D eigenvalue weighted by molar-refractivity contribution is 8.76. The summed E-state index contributed by atoms with van der Waals surface area (Å²) in [6.45, 7) is 4.05. The summed E-state index contributed by atoms with van der Waals surface area (Å²) in [6, 6.07) is 1.31. The number of aliphatic hydroxyl groups excluding tert-OH is 1. The van der Waals surface area contributed by atoms with Crippen molar-refractivity contribution in [3.8, 4) is 0 Å². The fourth-order valence-corrected chi connectivity index (χ4v) is 5.26. The largest absolute Gasteiger partial charge is 0.394 e. The summed E-state index contributed by atoms with van der Waals surface area (Å²) in [6.07, 6.45) is 1.57. The fourth-order valence-electron chi connectivity index (χ4n) is 2.57. The van der Waals surface area contributed by atoms with Gasteiger partial charge in [-0.15, -0.1) is 0 Å². The molecule has 1 saturated heterocycles. The SMILES string of the molecule is CCSSC1C(CC)[C@@H](CO)O[C@H]1n1ccc(=O)[nH]c1=O.